The maximum absolute atomic E-state index is 6.08. The molecule has 28 heavy (non-hydrogen) atoms. The van der Waals surface area contributed by atoms with Crippen molar-refractivity contribution in [2.24, 2.45) is 16.3 Å². The number of guanidine groups is 1. The van der Waals surface area contributed by atoms with Gasteiger partial charge in [0.05, 0.1) is 25.5 Å². The van der Waals surface area contributed by atoms with Gasteiger partial charge in [0.1, 0.15) is 5.75 Å². The molecule has 1 aromatic heterocycles. The molecule has 7 heteroatoms. The topological polar surface area (TPSA) is 67.8 Å². The molecule has 0 saturated carbocycles. The Kier molecular flexibility index (Phi) is 9.97. The molecule has 0 aromatic carbocycles. The number of hydrogen-bond acceptors (Lipinski definition) is 4. The second-order valence-electron chi connectivity index (χ2n) is 8.41. The van der Waals surface area contributed by atoms with Crippen LogP contribution in [0, 0.1) is 25.2 Å². The summed E-state index contributed by atoms with van der Waals surface area (Å²) in [4.78, 5) is 8.90. The van der Waals surface area contributed by atoms with E-state index in [-0.39, 0.29) is 35.5 Å². The number of aryl methyl sites for hydroxylation is 1. The summed E-state index contributed by atoms with van der Waals surface area (Å²) in [5.74, 6) is 2.17. The quantitative estimate of drug-likeness (QED) is 0.363. The Balaban J connectivity index is 0.00000392. The van der Waals surface area contributed by atoms with Crippen LogP contribution in [0.15, 0.2) is 11.2 Å². The van der Waals surface area contributed by atoms with Crippen LogP contribution < -0.4 is 15.4 Å². The van der Waals surface area contributed by atoms with Crippen LogP contribution in [-0.4, -0.2) is 44.4 Å². The van der Waals surface area contributed by atoms with Gasteiger partial charge in [0, 0.05) is 43.4 Å². The average Bonchev–Trinajstić information content (AvgIpc) is 2.63. The summed E-state index contributed by atoms with van der Waals surface area (Å²) < 4.78 is 11.6. The minimum atomic E-state index is 0. The van der Waals surface area contributed by atoms with Crippen molar-refractivity contribution in [3.63, 3.8) is 0 Å². The van der Waals surface area contributed by atoms with Crippen molar-refractivity contribution >= 4 is 29.9 Å². The van der Waals surface area contributed by atoms with Crippen LogP contribution in [-0.2, 0) is 11.3 Å². The van der Waals surface area contributed by atoms with E-state index in [0.29, 0.717) is 12.5 Å². The zero-order valence-electron chi connectivity index (χ0n) is 18.4. The van der Waals surface area contributed by atoms with Gasteiger partial charge in [-0.05, 0) is 32.1 Å². The van der Waals surface area contributed by atoms with Crippen LogP contribution in [0.2, 0.25) is 0 Å². The predicted octanol–water partition coefficient (Wildman–Crippen LogP) is 3.83. The number of methoxy groups -OCH3 is 1. The normalized spacial score (nSPS) is 20.3. The minimum Gasteiger partial charge on any atom is -0.496 e. The third-order valence-corrected chi connectivity index (χ3v) is 5.23. The third-order valence-electron chi connectivity index (χ3n) is 5.23. The molecule has 2 rings (SSSR count). The molecule has 2 heterocycles. The SMILES string of the molecule is CN=C(NCc1ncc(C)c(OC)c1C)NCC1CCCOC1C(C)(C)C.I. The molecular weight excluding hydrogens is 467 g/mol. The molecule has 1 fully saturated rings. The maximum atomic E-state index is 6.08. The molecule has 0 spiro atoms. The first kappa shape index (κ1) is 24.9. The summed E-state index contributed by atoms with van der Waals surface area (Å²) in [5.41, 5.74) is 3.22. The second-order valence-corrected chi connectivity index (χ2v) is 8.41. The number of aromatic nitrogens is 1. The lowest BCUT2D eigenvalue weighted by Crippen LogP contribution is -2.47. The van der Waals surface area contributed by atoms with Crippen LogP contribution in [0.3, 0.4) is 0 Å². The Hall–Kier alpha value is -1.09. The van der Waals surface area contributed by atoms with E-state index in [1.54, 1.807) is 14.2 Å². The van der Waals surface area contributed by atoms with Crippen molar-refractivity contribution in [1.82, 2.24) is 15.6 Å². The van der Waals surface area contributed by atoms with Crippen LogP contribution >= 0.6 is 24.0 Å². The molecule has 0 bridgehead atoms. The van der Waals surface area contributed by atoms with Gasteiger partial charge in [-0.15, -0.1) is 24.0 Å². The standard InChI is InChI=1S/C21H36N4O2.HI/c1-14-11-23-17(15(2)18(14)26-7)13-25-20(22-6)24-12-16-9-8-10-27-19(16)21(3,4)5;/h11,16,19H,8-10,12-13H2,1-7H3,(H2,22,24,25);1H. The molecule has 160 valence electrons. The summed E-state index contributed by atoms with van der Waals surface area (Å²) >= 11 is 0. The van der Waals surface area contributed by atoms with Crippen molar-refractivity contribution < 1.29 is 9.47 Å². The fraction of sp³-hybridized carbons (Fsp3) is 0.714. The lowest BCUT2D eigenvalue weighted by molar-refractivity contribution is -0.0835. The molecule has 1 aliphatic heterocycles. The van der Waals surface area contributed by atoms with Crippen LogP contribution in [0.4, 0.5) is 0 Å². The Morgan fingerprint density at radius 2 is 2.04 bits per heavy atom. The van der Waals surface area contributed by atoms with Gasteiger partial charge in [0.2, 0.25) is 0 Å². The maximum Gasteiger partial charge on any atom is 0.191 e. The molecule has 6 nitrogen and oxygen atoms in total. The van der Waals surface area contributed by atoms with E-state index in [1.165, 1.54) is 6.42 Å². The molecule has 0 aliphatic carbocycles. The lowest BCUT2D eigenvalue weighted by atomic mass is 9.78. The van der Waals surface area contributed by atoms with Crippen molar-refractivity contribution in [3.05, 3.63) is 23.0 Å². The first-order valence-electron chi connectivity index (χ1n) is 9.83. The van der Waals surface area contributed by atoms with E-state index in [2.05, 4.69) is 41.4 Å². The van der Waals surface area contributed by atoms with E-state index < -0.39 is 0 Å². The Labute approximate surface area is 187 Å². The molecule has 0 radical (unpaired) electrons. The Morgan fingerprint density at radius 1 is 1.32 bits per heavy atom. The number of ether oxygens (including phenoxy) is 2. The molecular formula is C21H37IN4O2. The fourth-order valence-electron chi connectivity index (χ4n) is 3.87. The van der Waals surface area contributed by atoms with Crippen LogP contribution in [0.25, 0.3) is 0 Å². The zero-order valence-corrected chi connectivity index (χ0v) is 20.7. The van der Waals surface area contributed by atoms with Gasteiger partial charge in [-0.1, -0.05) is 20.8 Å². The van der Waals surface area contributed by atoms with Crippen molar-refractivity contribution in [2.75, 3.05) is 27.3 Å². The molecule has 1 aliphatic rings. The Morgan fingerprint density at radius 3 is 2.64 bits per heavy atom. The largest absolute Gasteiger partial charge is 0.496 e. The van der Waals surface area contributed by atoms with Gasteiger partial charge in [0.15, 0.2) is 5.96 Å². The van der Waals surface area contributed by atoms with Crippen LogP contribution in [0.1, 0.15) is 50.4 Å². The summed E-state index contributed by atoms with van der Waals surface area (Å²) in [5, 5.41) is 6.84. The van der Waals surface area contributed by atoms with E-state index in [1.807, 2.05) is 20.0 Å². The number of pyridine rings is 1. The molecule has 2 N–H and O–H groups in total. The molecule has 2 unspecified atom stereocenters. The summed E-state index contributed by atoms with van der Waals surface area (Å²) in [6.45, 7) is 13.1. The zero-order chi connectivity index (χ0) is 20.0. The number of aliphatic imine (C=N–C) groups is 1. The van der Waals surface area contributed by atoms with Crippen molar-refractivity contribution in [3.8, 4) is 5.75 Å². The van der Waals surface area contributed by atoms with Crippen molar-refractivity contribution in [1.29, 1.82) is 0 Å². The number of halogens is 1. The highest BCUT2D eigenvalue weighted by Gasteiger charge is 2.35. The van der Waals surface area contributed by atoms with Crippen LogP contribution in [0.5, 0.6) is 5.75 Å². The van der Waals surface area contributed by atoms with Crippen molar-refractivity contribution in [2.45, 2.75) is 60.1 Å². The van der Waals surface area contributed by atoms with Gasteiger partial charge >= 0.3 is 0 Å². The van der Waals surface area contributed by atoms with Gasteiger partial charge in [-0.2, -0.15) is 0 Å². The number of nitrogens with zero attached hydrogens (tertiary/aromatic N) is 2. The second kappa shape index (κ2) is 11.2. The van der Waals surface area contributed by atoms with Gasteiger partial charge < -0.3 is 20.1 Å². The summed E-state index contributed by atoms with van der Waals surface area (Å²) in [7, 11) is 3.49. The van der Waals surface area contributed by atoms with Gasteiger partial charge in [-0.25, -0.2) is 0 Å². The molecule has 0 amide bonds. The smallest absolute Gasteiger partial charge is 0.191 e. The highest BCUT2D eigenvalue weighted by molar-refractivity contribution is 14.0. The third kappa shape index (κ3) is 6.47. The van der Waals surface area contributed by atoms with Gasteiger partial charge in [-0.3, -0.25) is 9.98 Å². The van der Waals surface area contributed by atoms with Gasteiger partial charge in [0.25, 0.3) is 0 Å². The molecule has 1 aromatic rings. The van der Waals surface area contributed by atoms with E-state index >= 15 is 0 Å². The molecule has 1 saturated heterocycles. The molecule has 2 atom stereocenters. The van der Waals surface area contributed by atoms with E-state index in [4.69, 9.17) is 9.47 Å². The number of rotatable bonds is 5. The summed E-state index contributed by atoms with van der Waals surface area (Å²) in [6.07, 6.45) is 4.42. The minimum absolute atomic E-state index is 0. The highest BCUT2D eigenvalue weighted by atomic mass is 127. The first-order valence-corrected chi connectivity index (χ1v) is 9.83. The Bertz CT molecular complexity index is 659. The fourth-order valence-corrected chi connectivity index (χ4v) is 3.87. The van der Waals surface area contributed by atoms with E-state index in [9.17, 15) is 0 Å². The lowest BCUT2D eigenvalue weighted by Gasteiger charge is -2.40. The van der Waals surface area contributed by atoms with E-state index in [0.717, 1.165) is 48.1 Å². The predicted molar refractivity (Wildman–Crippen MR) is 126 cm³/mol. The summed E-state index contributed by atoms with van der Waals surface area (Å²) in [6, 6.07) is 0. The first-order chi connectivity index (χ1) is 12.8. The average molecular weight is 504 g/mol. The number of nitrogens with one attached hydrogen (secondary N) is 2. The monoisotopic (exact) mass is 504 g/mol. The highest BCUT2D eigenvalue weighted by Crippen LogP contribution is 2.33. The number of hydrogen-bond donors (Lipinski definition) is 2.